The summed E-state index contributed by atoms with van der Waals surface area (Å²) in [5, 5.41) is 3.50. The molecule has 0 aromatic heterocycles. The molecule has 1 aliphatic rings. The van der Waals surface area contributed by atoms with Crippen LogP contribution in [0.25, 0.3) is 0 Å². The molecule has 18 heavy (non-hydrogen) atoms. The quantitative estimate of drug-likeness (QED) is 0.830. The van der Waals surface area contributed by atoms with E-state index >= 15 is 0 Å². The molecule has 0 aliphatic heterocycles. The molecule has 0 bridgehead atoms. The van der Waals surface area contributed by atoms with Gasteiger partial charge in [0.15, 0.2) is 0 Å². The van der Waals surface area contributed by atoms with E-state index in [1.165, 1.54) is 31.2 Å². The monoisotopic (exact) mass is 247 g/mol. The van der Waals surface area contributed by atoms with Crippen molar-refractivity contribution in [3.8, 4) is 0 Å². The highest BCUT2D eigenvalue weighted by atomic mass is 16.5. The smallest absolute Gasteiger partial charge is 0.0980 e. The van der Waals surface area contributed by atoms with Gasteiger partial charge in [0.25, 0.3) is 0 Å². The Morgan fingerprint density at radius 3 is 2.44 bits per heavy atom. The third kappa shape index (κ3) is 3.12. The van der Waals surface area contributed by atoms with Gasteiger partial charge in [0.05, 0.1) is 6.10 Å². The normalized spacial score (nSPS) is 19.9. The molecule has 1 aromatic rings. The second-order valence-corrected chi connectivity index (χ2v) is 5.15. The van der Waals surface area contributed by atoms with Crippen LogP contribution in [0.1, 0.15) is 44.3 Å². The summed E-state index contributed by atoms with van der Waals surface area (Å²) in [4.78, 5) is 0. The first-order chi connectivity index (χ1) is 8.86. The van der Waals surface area contributed by atoms with Crippen molar-refractivity contribution in [2.75, 3.05) is 13.7 Å². The van der Waals surface area contributed by atoms with Crippen LogP contribution in [0.5, 0.6) is 0 Å². The molecule has 0 spiro atoms. The lowest BCUT2D eigenvalue weighted by Gasteiger charge is -2.31. The largest absolute Gasteiger partial charge is 0.372 e. The van der Waals surface area contributed by atoms with Crippen molar-refractivity contribution in [3.63, 3.8) is 0 Å². The van der Waals surface area contributed by atoms with Gasteiger partial charge in [0.2, 0.25) is 0 Å². The Morgan fingerprint density at radius 1 is 1.22 bits per heavy atom. The first kappa shape index (κ1) is 13.6. The Kier molecular flexibility index (Phi) is 5.21. The zero-order chi connectivity index (χ0) is 12.8. The Balaban J connectivity index is 2.16. The SMILES string of the molecule is CCOC(c1ccccc1)C(NC)C1CCCC1. The molecule has 0 saturated heterocycles. The summed E-state index contributed by atoms with van der Waals surface area (Å²) in [6.07, 6.45) is 5.60. The van der Waals surface area contributed by atoms with Crippen molar-refractivity contribution in [1.82, 2.24) is 5.32 Å². The van der Waals surface area contributed by atoms with Crippen molar-refractivity contribution in [3.05, 3.63) is 35.9 Å². The fourth-order valence-electron chi connectivity index (χ4n) is 3.18. The van der Waals surface area contributed by atoms with E-state index in [4.69, 9.17) is 4.74 Å². The topological polar surface area (TPSA) is 21.3 Å². The van der Waals surface area contributed by atoms with Gasteiger partial charge in [-0.25, -0.2) is 0 Å². The first-order valence-electron chi connectivity index (χ1n) is 7.20. The minimum Gasteiger partial charge on any atom is -0.372 e. The maximum atomic E-state index is 6.03. The van der Waals surface area contributed by atoms with E-state index in [2.05, 4.69) is 49.6 Å². The summed E-state index contributed by atoms with van der Waals surface area (Å²) in [6, 6.07) is 11.1. The van der Waals surface area contributed by atoms with Crippen molar-refractivity contribution >= 4 is 0 Å². The summed E-state index contributed by atoms with van der Waals surface area (Å²) < 4.78 is 6.03. The summed E-state index contributed by atoms with van der Waals surface area (Å²) >= 11 is 0. The first-order valence-corrected chi connectivity index (χ1v) is 7.20. The van der Waals surface area contributed by atoms with E-state index in [9.17, 15) is 0 Å². The van der Waals surface area contributed by atoms with Crippen LogP contribution in [0.4, 0.5) is 0 Å². The van der Waals surface area contributed by atoms with E-state index in [1.54, 1.807) is 0 Å². The fraction of sp³-hybridized carbons (Fsp3) is 0.625. The maximum Gasteiger partial charge on any atom is 0.0980 e. The summed E-state index contributed by atoms with van der Waals surface area (Å²) in [5.74, 6) is 0.756. The molecule has 1 aliphatic carbocycles. The Morgan fingerprint density at radius 2 is 1.89 bits per heavy atom. The number of ether oxygens (including phenoxy) is 1. The van der Waals surface area contributed by atoms with Gasteiger partial charge in [-0.1, -0.05) is 43.2 Å². The molecule has 1 saturated carbocycles. The third-order valence-corrected chi connectivity index (χ3v) is 4.04. The highest BCUT2D eigenvalue weighted by Crippen LogP contribution is 2.35. The lowest BCUT2D eigenvalue weighted by atomic mass is 9.89. The molecule has 2 unspecified atom stereocenters. The van der Waals surface area contributed by atoms with Gasteiger partial charge in [-0.05, 0) is 38.3 Å². The van der Waals surface area contributed by atoms with Gasteiger partial charge in [-0.15, -0.1) is 0 Å². The molecular formula is C16H25NO. The highest BCUT2D eigenvalue weighted by Gasteiger charge is 2.31. The molecule has 1 N–H and O–H groups in total. The maximum absolute atomic E-state index is 6.03. The lowest BCUT2D eigenvalue weighted by molar-refractivity contribution is 0.0188. The molecule has 1 aromatic carbocycles. The van der Waals surface area contributed by atoms with Gasteiger partial charge in [-0.3, -0.25) is 0 Å². The number of hydrogen-bond donors (Lipinski definition) is 1. The molecule has 2 heteroatoms. The molecule has 2 atom stereocenters. The zero-order valence-electron chi connectivity index (χ0n) is 11.6. The number of hydrogen-bond acceptors (Lipinski definition) is 2. The lowest BCUT2D eigenvalue weighted by Crippen LogP contribution is -2.39. The molecule has 0 amide bonds. The molecule has 1 fully saturated rings. The van der Waals surface area contributed by atoms with Gasteiger partial charge >= 0.3 is 0 Å². The van der Waals surface area contributed by atoms with Crippen LogP contribution in [0.3, 0.4) is 0 Å². The Labute approximate surface area is 111 Å². The van der Waals surface area contributed by atoms with E-state index in [0.717, 1.165) is 12.5 Å². The van der Waals surface area contributed by atoms with E-state index < -0.39 is 0 Å². The predicted octanol–water partition coefficient (Wildman–Crippen LogP) is 3.54. The van der Waals surface area contributed by atoms with Crippen LogP contribution in [-0.4, -0.2) is 19.7 Å². The van der Waals surface area contributed by atoms with Crippen molar-refractivity contribution in [2.45, 2.75) is 44.8 Å². The molecular weight excluding hydrogens is 222 g/mol. The minimum absolute atomic E-state index is 0.185. The standard InChI is InChI=1S/C16H25NO/c1-3-18-16(14-11-5-4-6-12-14)15(17-2)13-9-7-8-10-13/h4-6,11-13,15-17H,3,7-10H2,1-2H3. The summed E-state index contributed by atoms with van der Waals surface area (Å²) in [6.45, 7) is 2.85. The Hall–Kier alpha value is -0.860. The minimum atomic E-state index is 0.185. The number of benzene rings is 1. The van der Waals surface area contributed by atoms with Crippen molar-refractivity contribution < 1.29 is 4.74 Å². The van der Waals surface area contributed by atoms with Gasteiger partial charge < -0.3 is 10.1 Å². The molecule has 2 nitrogen and oxygen atoms in total. The number of nitrogens with one attached hydrogen (secondary N) is 1. The number of likely N-dealkylation sites (N-methyl/N-ethyl adjacent to an activating group) is 1. The van der Waals surface area contributed by atoms with E-state index in [1.807, 2.05) is 0 Å². The molecule has 2 rings (SSSR count). The average Bonchev–Trinajstić information content (AvgIpc) is 2.94. The Bertz CT molecular complexity index is 332. The van der Waals surface area contributed by atoms with Crippen LogP contribution in [-0.2, 0) is 4.74 Å². The van der Waals surface area contributed by atoms with Crippen LogP contribution < -0.4 is 5.32 Å². The van der Waals surface area contributed by atoms with Crippen LogP contribution in [0.15, 0.2) is 30.3 Å². The molecule has 100 valence electrons. The van der Waals surface area contributed by atoms with Crippen LogP contribution >= 0.6 is 0 Å². The predicted molar refractivity (Wildman–Crippen MR) is 75.6 cm³/mol. The molecule has 0 radical (unpaired) electrons. The average molecular weight is 247 g/mol. The van der Waals surface area contributed by atoms with Crippen molar-refractivity contribution in [1.29, 1.82) is 0 Å². The second kappa shape index (κ2) is 6.91. The summed E-state index contributed by atoms with van der Waals surface area (Å²) in [7, 11) is 2.07. The summed E-state index contributed by atoms with van der Waals surface area (Å²) in [5.41, 5.74) is 1.30. The van der Waals surface area contributed by atoms with E-state index in [-0.39, 0.29) is 6.10 Å². The number of rotatable bonds is 6. The van der Waals surface area contributed by atoms with Crippen LogP contribution in [0.2, 0.25) is 0 Å². The van der Waals surface area contributed by atoms with Gasteiger partial charge in [-0.2, -0.15) is 0 Å². The fourth-order valence-corrected chi connectivity index (χ4v) is 3.18. The van der Waals surface area contributed by atoms with Crippen LogP contribution in [0, 0.1) is 5.92 Å². The second-order valence-electron chi connectivity index (χ2n) is 5.15. The molecule has 0 heterocycles. The van der Waals surface area contributed by atoms with Gasteiger partial charge in [0.1, 0.15) is 0 Å². The zero-order valence-corrected chi connectivity index (χ0v) is 11.6. The van der Waals surface area contributed by atoms with Crippen molar-refractivity contribution in [2.24, 2.45) is 5.92 Å². The van der Waals surface area contributed by atoms with E-state index in [0.29, 0.717) is 6.04 Å². The highest BCUT2D eigenvalue weighted by molar-refractivity contribution is 5.19. The van der Waals surface area contributed by atoms with Gasteiger partial charge in [0, 0.05) is 12.6 Å². The third-order valence-electron chi connectivity index (χ3n) is 4.04.